The normalized spacial score (nSPS) is 14.2. The van der Waals surface area contributed by atoms with Crippen molar-refractivity contribution in [1.82, 2.24) is 9.88 Å². The van der Waals surface area contributed by atoms with Crippen molar-refractivity contribution in [3.8, 4) is 22.3 Å². The molecule has 2 aromatic heterocycles. The number of hydrogen-bond acceptors (Lipinski definition) is 6. The molecule has 5 rings (SSSR count). The lowest BCUT2D eigenvalue weighted by atomic mass is 10.0. The number of anilines is 2. The zero-order chi connectivity index (χ0) is 26.2. The third-order valence-corrected chi connectivity index (χ3v) is 6.58. The van der Waals surface area contributed by atoms with Gasteiger partial charge in [-0.3, -0.25) is 4.98 Å². The number of fused-ring (bicyclic) bond motifs is 1. The Hall–Kier alpha value is -4.00. The zero-order valence-electron chi connectivity index (χ0n) is 22.2. The van der Waals surface area contributed by atoms with E-state index in [1.54, 1.807) is 11.2 Å². The van der Waals surface area contributed by atoms with Gasteiger partial charge in [-0.15, -0.1) is 0 Å². The van der Waals surface area contributed by atoms with Crippen LogP contribution in [0.2, 0.25) is 0 Å². The van der Waals surface area contributed by atoms with Crippen molar-refractivity contribution in [2.45, 2.75) is 26.4 Å². The van der Waals surface area contributed by atoms with Gasteiger partial charge in [0.15, 0.2) is 5.58 Å². The number of carbonyl (C=O) groups is 1. The standard InChI is InChI=1S/C30H34N4O3/c1-30(2,3)37-29(35)34-15-13-33(14-16-34)24-11-9-21(10-12-24)23-18-27-28(31-19-23)26(20-36-27)22-7-6-8-25(17-22)32(4)5/h6-12,17-20H,13-16H2,1-5H3. The molecule has 3 heterocycles. The molecule has 192 valence electrons. The first kappa shape index (κ1) is 24.7. The summed E-state index contributed by atoms with van der Waals surface area (Å²) in [4.78, 5) is 23.3. The Labute approximate surface area is 218 Å². The van der Waals surface area contributed by atoms with Crippen LogP contribution in [0.4, 0.5) is 16.2 Å². The second-order valence-corrected chi connectivity index (χ2v) is 10.7. The highest BCUT2D eigenvalue weighted by atomic mass is 16.6. The first-order valence-electron chi connectivity index (χ1n) is 12.7. The van der Waals surface area contributed by atoms with Crippen molar-refractivity contribution < 1.29 is 13.9 Å². The van der Waals surface area contributed by atoms with Crippen LogP contribution in [-0.4, -0.2) is 61.9 Å². The summed E-state index contributed by atoms with van der Waals surface area (Å²) >= 11 is 0. The van der Waals surface area contributed by atoms with Crippen LogP contribution in [0.3, 0.4) is 0 Å². The SMILES string of the molecule is CN(C)c1cccc(-c2coc3cc(-c4ccc(N5CCN(C(=O)OC(C)(C)C)CC5)cc4)cnc23)c1. The van der Waals surface area contributed by atoms with Gasteiger partial charge < -0.3 is 23.9 Å². The van der Waals surface area contributed by atoms with Gasteiger partial charge >= 0.3 is 6.09 Å². The Morgan fingerprint density at radius 3 is 2.35 bits per heavy atom. The van der Waals surface area contributed by atoms with Gasteiger partial charge in [0.25, 0.3) is 0 Å². The molecule has 0 spiro atoms. The number of amides is 1. The highest BCUT2D eigenvalue weighted by Gasteiger charge is 2.26. The third-order valence-electron chi connectivity index (χ3n) is 6.58. The lowest BCUT2D eigenvalue weighted by Gasteiger charge is -2.36. The molecule has 0 bridgehead atoms. The van der Waals surface area contributed by atoms with E-state index in [1.165, 1.54) is 0 Å². The summed E-state index contributed by atoms with van der Waals surface area (Å²) in [7, 11) is 4.07. The van der Waals surface area contributed by atoms with Crippen molar-refractivity contribution in [2.24, 2.45) is 0 Å². The fraction of sp³-hybridized carbons (Fsp3) is 0.333. The Morgan fingerprint density at radius 1 is 0.946 bits per heavy atom. The molecule has 0 radical (unpaired) electrons. The maximum atomic E-state index is 12.3. The number of piperazine rings is 1. The summed E-state index contributed by atoms with van der Waals surface area (Å²) in [6, 6.07) is 18.9. The quantitative estimate of drug-likeness (QED) is 0.330. The number of nitrogens with zero attached hydrogens (tertiary/aromatic N) is 4. The summed E-state index contributed by atoms with van der Waals surface area (Å²) in [6.07, 6.45) is 3.46. The molecule has 0 unspecified atom stereocenters. The molecule has 7 nitrogen and oxygen atoms in total. The summed E-state index contributed by atoms with van der Waals surface area (Å²) in [5.74, 6) is 0. The second kappa shape index (κ2) is 9.81. The lowest BCUT2D eigenvalue weighted by molar-refractivity contribution is 0.0240. The number of rotatable bonds is 4. The molecule has 1 fully saturated rings. The van der Waals surface area contributed by atoms with Gasteiger partial charge in [0.2, 0.25) is 0 Å². The van der Waals surface area contributed by atoms with Gasteiger partial charge in [-0.25, -0.2) is 4.79 Å². The van der Waals surface area contributed by atoms with E-state index in [1.807, 2.05) is 41.1 Å². The molecule has 1 amide bonds. The summed E-state index contributed by atoms with van der Waals surface area (Å²) < 4.78 is 11.4. The van der Waals surface area contributed by atoms with E-state index in [4.69, 9.17) is 14.1 Å². The van der Waals surface area contributed by atoms with E-state index < -0.39 is 5.60 Å². The molecule has 7 heteroatoms. The highest BCUT2D eigenvalue weighted by Crippen LogP contribution is 2.33. The molecule has 1 aliphatic heterocycles. The third kappa shape index (κ3) is 5.40. The fourth-order valence-corrected chi connectivity index (χ4v) is 4.57. The van der Waals surface area contributed by atoms with E-state index >= 15 is 0 Å². The van der Waals surface area contributed by atoms with Gasteiger partial charge in [-0.2, -0.15) is 0 Å². The van der Waals surface area contributed by atoms with Crippen molar-refractivity contribution in [3.63, 3.8) is 0 Å². The van der Waals surface area contributed by atoms with Crippen LogP contribution in [0.5, 0.6) is 0 Å². The molecule has 4 aromatic rings. The van der Waals surface area contributed by atoms with Gasteiger partial charge in [0.05, 0.1) is 0 Å². The summed E-state index contributed by atoms with van der Waals surface area (Å²) in [6.45, 7) is 8.53. The van der Waals surface area contributed by atoms with Crippen LogP contribution < -0.4 is 9.80 Å². The summed E-state index contributed by atoms with van der Waals surface area (Å²) in [5.41, 5.74) is 7.60. The number of pyridine rings is 1. The van der Waals surface area contributed by atoms with E-state index in [0.717, 1.165) is 57.8 Å². The van der Waals surface area contributed by atoms with Crippen molar-refractivity contribution in [1.29, 1.82) is 0 Å². The van der Waals surface area contributed by atoms with Gasteiger partial charge in [-0.1, -0.05) is 24.3 Å². The van der Waals surface area contributed by atoms with E-state index in [0.29, 0.717) is 13.1 Å². The maximum Gasteiger partial charge on any atom is 0.410 e. The van der Waals surface area contributed by atoms with E-state index in [-0.39, 0.29) is 6.09 Å². The Bertz CT molecular complexity index is 1390. The second-order valence-electron chi connectivity index (χ2n) is 10.7. The number of benzene rings is 2. The number of furan rings is 1. The number of ether oxygens (including phenoxy) is 1. The average Bonchev–Trinajstić information content (AvgIpc) is 3.31. The molecular formula is C30H34N4O3. The minimum atomic E-state index is -0.476. The topological polar surface area (TPSA) is 62.1 Å². The number of hydrogen-bond donors (Lipinski definition) is 0. The molecule has 0 aliphatic carbocycles. The lowest BCUT2D eigenvalue weighted by Crippen LogP contribution is -2.50. The van der Waals surface area contributed by atoms with Crippen LogP contribution in [0.1, 0.15) is 20.8 Å². The molecule has 37 heavy (non-hydrogen) atoms. The van der Waals surface area contributed by atoms with E-state index in [2.05, 4.69) is 64.4 Å². The Morgan fingerprint density at radius 2 is 1.68 bits per heavy atom. The van der Waals surface area contributed by atoms with E-state index in [9.17, 15) is 4.79 Å². The monoisotopic (exact) mass is 498 g/mol. The first-order valence-corrected chi connectivity index (χ1v) is 12.7. The molecule has 1 saturated heterocycles. The van der Waals surface area contributed by atoms with Crippen LogP contribution in [0.15, 0.2) is 71.5 Å². The van der Waals surface area contributed by atoms with Crippen LogP contribution in [0.25, 0.3) is 33.4 Å². The van der Waals surface area contributed by atoms with Gasteiger partial charge in [0.1, 0.15) is 17.4 Å². The van der Waals surface area contributed by atoms with Crippen LogP contribution in [-0.2, 0) is 4.74 Å². The Kier molecular flexibility index (Phi) is 6.54. The van der Waals surface area contributed by atoms with Crippen LogP contribution >= 0.6 is 0 Å². The Balaban J connectivity index is 1.28. The van der Waals surface area contributed by atoms with Crippen molar-refractivity contribution >= 4 is 28.6 Å². The molecule has 0 saturated carbocycles. The molecule has 1 aliphatic rings. The smallest absolute Gasteiger partial charge is 0.410 e. The average molecular weight is 499 g/mol. The molecule has 0 atom stereocenters. The minimum absolute atomic E-state index is 0.239. The number of aromatic nitrogens is 1. The van der Waals surface area contributed by atoms with Crippen LogP contribution in [0, 0.1) is 0 Å². The van der Waals surface area contributed by atoms with Crippen molar-refractivity contribution in [3.05, 3.63) is 67.1 Å². The maximum absolute atomic E-state index is 12.3. The summed E-state index contributed by atoms with van der Waals surface area (Å²) in [5, 5.41) is 0. The number of carbonyl (C=O) groups excluding carboxylic acids is 1. The zero-order valence-corrected chi connectivity index (χ0v) is 22.2. The largest absolute Gasteiger partial charge is 0.462 e. The molecule has 0 N–H and O–H groups in total. The molecule has 2 aromatic carbocycles. The highest BCUT2D eigenvalue weighted by molar-refractivity contribution is 5.93. The minimum Gasteiger partial charge on any atom is -0.462 e. The predicted molar refractivity (Wildman–Crippen MR) is 149 cm³/mol. The van der Waals surface area contributed by atoms with Crippen molar-refractivity contribution in [2.75, 3.05) is 50.1 Å². The first-order chi connectivity index (χ1) is 17.7. The predicted octanol–water partition coefficient (Wildman–Crippen LogP) is 6.28. The van der Waals surface area contributed by atoms with Gasteiger partial charge in [-0.05, 0) is 62.2 Å². The fourth-order valence-electron chi connectivity index (χ4n) is 4.57. The van der Waals surface area contributed by atoms with Gasteiger partial charge in [0, 0.05) is 69.0 Å². The molecular weight excluding hydrogens is 464 g/mol.